The van der Waals surface area contributed by atoms with Crippen LogP contribution in [-0.4, -0.2) is 60.4 Å². The Labute approximate surface area is 204 Å². The zero-order valence-electron chi connectivity index (χ0n) is 21.6. The van der Waals surface area contributed by atoms with Gasteiger partial charge in [0.25, 0.3) is 0 Å². The van der Waals surface area contributed by atoms with Gasteiger partial charge in [-0.1, -0.05) is 20.8 Å². The van der Waals surface area contributed by atoms with Crippen LogP contribution in [0.25, 0.3) is 11.0 Å². The van der Waals surface area contributed by atoms with Crippen LogP contribution < -0.4 is 10.2 Å². The minimum Gasteiger partial charge on any atom is -0.428 e. The van der Waals surface area contributed by atoms with E-state index in [0.29, 0.717) is 13.1 Å². The standard InChI is InChI=1S/C24H34F2N6O3/c1-23(2,3)12-17(33)31(14-35-22(34)28-9-10-30(7)8)21-29-19-16(25)11-15(13-27)18(26)20(19)32(21)24(4,5)6/h11H,9-10,12,14H2,1-8H3,(H,28,34). The van der Waals surface area contributed by atoms with E-state index in [1.165, 1.54) is 4.57 Å². The minimum absolute atomic E-state index is 0.0559. The molecule has 0 saturated carbocycles. The fraction of sp³-hybridized carbons (Fsp3) is 0.583. The molecule has 0 aliphatic heterocycles. The molecular weight excluding hydrogens is 458 g/mol. The topological polar surface area (TPSA) is 103 Å². The Balaban J connectivity index is 2.61. The third-order valence-corrected chi connectivity index (χ3v) is 4.97. The number of nitrogens with one attached hydrogen (secondary N) is 1. The Morgan fingerprint density at radius 1 is 1.20 bits per heavy atom. The van der Waals surface area contributed by atoms with Crippen LogP contribution in [0.1, 0.15) is 53.5 Å². The number of carbonyl (C=O) groups is 2. The molecule has 192 valence electrons. The number of aromatic nitrogens is 2. The molecule has 2 rings (SSSR count). The molecule has 1 N–H and O–H groups in total. The van der Waals surface area contributed by atoms with Gasteiger partial charge in [0.05, 0.1) is 5.56 Å². The quantitative estimate of drug-likeness (QED) is 0.587. The highest BCUT2D eigenvalue weighted by atomic mass is 19.1. The molecule has 0 aliphatic rings. The van der Waals surface area contributed by atoms with Crippen LogP contribution in [0.15, 0.2) is 6.07 Å². The molecule has 0 saturated heterocycles. The predicted octanol–water partition coefficient (Wildman–Crippen LogP) is 3.96. The summed E-state index contributed by atoms with van der Waals surface area (Å²) in [6.45, 7) is 11.2. The Morgan fingerprint density at radius 2 is 1.83 bits per heavy atom. The number of fused-ring (bicyclic) bond motifs is 1. The summed E-state index contributed by atoms with van der Waals surface area (Å²) in [5.74, 6) is -2.37. The fourth-order valence-corrected chi connectivity index (χ4v) is 3.41. The lowest BCUT2D eigenvalue weighted by atomic mass is 9.92. The lowest BCUT2D eigenvalue weighted by Crippen LogP contribution is -2.41. The van der Waals surface area contributed by atoms with Gasteiger partial charge in [0.15, 0.2) is 18.4 Å². The Hall–Kier alpha value is -3.26. The summed E-state index contributed by atoms with van der Waals surface area (Å²) < 4.78 is 36.8. The maximum absolute atomic E-state index is 15.3. The smallest absolute Gasteiger partial charge is 0.408 e. The summed E-state index contributed by atoms with van der Waals surface area (Å²) in [6.07, 6.45) is -0.691. The summed E-state index contributed by atoms with van der Waals surface area (Å²) in [7, 11) is 3.71. The number of likely N-dealkylation sites (N-methyl/N-ethyl adjacent to an activating group) is 1. The first-order valence-electron chi connectivity index (χ1n) is 11.2. The first-order chi connectivity index (χ1) is 16.1. The third kappa shape index (κ3) is 6.88. The van der Waals surface area contributed by atoms with Crippen LogP contribution in [0.3, 0.4) is 0 Å². The van der Waals surface area contributed by atoms with E-state index < -0.39 is 46.9 Å². The van der Waals surface area contributed by atoms with E-state index in [1.807, 2.05) is 39.8 Å². The van der Waals surface area contributed by atoms with Crippen molar-refractivity contribution < 1.29 is 23.1 Å². The van der Waals surface area contributed by atoms with Crippen LogP contribution in [0.5, 0.6) is 0 Å². The van der Waals surface area contributed by atoms with Crippen LogP contribution in [-0.2, 0) is 15.1 Å². The highest BCUT2D eigenvalue weighted by Crippen LogP contribution is 2.35. The number of carbonyl (C=O) groups excluding carboxylic acids is 2. The van der Waals surface area contributed by atoms with Gasteiger partial charge in [-0.25, -0.2) is 23.5 Å². The molecule has 9 nitrogen and oxygen atoms in total. The van der Waals surface area contributed by atoms with Crippen LogP contribution in [0.2, 0.25) is 0 Å². The maximum atomic E-state index is 15.3. The van der Waals surface area contributed by atoms with E-state index in [0.717, 1.165) is 11.0 Å². The molecule has 0 aliphatic carbocycles. The van der Waals surface area contributed by atoms with Gasteiger partial charge in [0.1, 0.15) is 17.1 Å². The van der Waals surface area contributed by atoms with E-state index in [2.05, 4.69) is 10.3 Å². The van der Waals surface area contributed by atoms with Gasteiger partial charge in [-0.3, -0.25) is 4.79 Å². The number of hydrogen-bond donors (Lipinski definition) is 1. The molecule has 11 heteroatoms. The number of amides is 2. The number of nitriles is 1. The molecule has 0 fully saturated rings. The van der Waals surface area contributed by atoms with Crippen molar-refractivity contribution in [1.29, 1.82) is 5.26 Å². The van der Waals surface area contributed by atoms with Gasteiger partial charge in [-0.05, 0) is 46.3 Å². The lowest BCUT2D eigenvalue weighted by Gasteiger charge is -2.30. The van der Waals surface area contributed by atoms with Gasteiger partial charge < -0.3 is 19.5 Å². The number of anilines is 1. The second-order valence-electron chi connectivity index (χ2n) is 10.8. The molecule has 0 radical (unpaired) electrons. The Morgan fingerprint density at radius 3 is 2.34 bits per heavy atom. The van der Waals surface area contributed by atoms with Crippen molar-refractivity contribution in [2.45, 2.75) is 53.5 Å². The zero-order valence-corrected chi connectivity index (χ0v) is 21.6. The molecule has 0 atom stereocenters. The summed E-state index contributed by atoms with van der Waals surface area (Å²) in [6, 6.07) is 2.42. The van der Waals surface area contributed by atoms with Gasteiger partial charge in [0.2, 0.25) is 11.9 Å². The second-order valence-corrected chi connectivity index (χ2v) is 10.8. The molecule has 1 heterocycles. The van der Waals surface area contributed by atoms with Crippen molar-refractivity contribution in [1.82, 2.24) is 19.8 Å². The van der Waals surface area contributed by atoms with E-state index in [9.17, 15) is 19.2 Å². The Kier molecular flexibility index (Phi) is 8.44. The van der Waals surface area contributed by atoms with E-state index in [-0.39, 0.29) is 23.4 Å². The number of nitrogens with zero attached hydrogens (tertiary/aromatic N) is 5. The van der Waals surface area contributed by atoms with Crippen molar-refractivity contribution in [3.63, 3.8) is 0 Å². The van der Waals surface area contributed by atoms with Crippen LogP contribution in [0.4, 0.5) is 19.5 Å². The number of imidazole rings is 1. The van der Waals surface area contributed by atoms with Crippen molar-refractivity contribution in [3.05, 3.63) is 23.3 Å². The first kappa shape index (κ1) is 28.0. The maximum Gasteiger partial charge on any atom is 0.408 e. The largest absolute Gasteiger partial charge is 0.428 e. The zero-order chi connectivity index (χ0) is 26.7. The van der Waals surface area contributed by atoms with Crippen LogP contribution in [0, 0.1) is 28.4 Å². The van der Waals surface area contributed by atoms with Gasteiger partial charge in [0, 0.05) is 25.0 Å². The summed E-state index contributed by atoms with van der Waals surface area (Å²) in [5.41, 5.74) is -2.34. The summed E-state index contributed by atoms with van der Waals surface area (Å²) in [5, 5.41) is 11.8. The SMILES string of the molecule is CN(C)CCNC(=O)OCN(C(=O)CC(C)(C)C)c1nc2c(F)cc(C#N)c(F)c2n1C(C)(C)C. The molecule has 0 unspecified atom stereocenters. The molecule has 35 heavy (non-hydrogen) atoms. The molecular formula is C24H34F2N6O3. The van der Waals surface area contributed by atoms with Crippen molar-refractivity contribution in [2.75, 3.05) is 38.8 Å². The number of halogens is 2. The minimum atomic E-state index is -0.942. The molecule has 2 aromatic rings. The Bertz CT molecular complexity index is 1140. The molecule has 1 aromatic carbocycles. The van der Waals surface area contributed by atoms with E-state index >= 15 is 4.39 Å². The molecule has 0 bridgehead atoms. The van der Waals surface area contributed by atoms with E-state index in [4.69, 9.17) is 4.74 Å². The number of hydrogen-bond acceptors (Lipinski definition) is 6. The first-order valence-corrected chi connectivity index (χ1v) is 11.2. The molecule has 0 spiro atoms. The number of benzene rings is 1. The molecule has 1 aromatic heterocycles. The van der Waals surface area contributed by atoms with Gasteiger partial charge >= 0.3 is 6.09 Å². The number of ether oxygens (including phenoxy) is 1. The van der Waals surface area contributed by atoms with Gasteiger partial charge in [-0.15, -0.1) is 0 Å². The van der Waals surface area contributed by atoms with Crippen molar-refractivity contribution in [2.24, 2.45) is 5.41 Å². The lowest BCUT2D eigenvalue weighted by molar-refractivity contribution is -0.121. The second kappa shape index (κ2) is 10.6. The van der Waals surface area contributed by atoms with Gasteiger partial charge in [-0.2, -0.15) is 5.26 Å². The monoisotopic (exact) mass is 492 g/mol. The highest BCUT2D eigenvalue weighted by Gasteiger charge is 2.33. The fourth-order valence-electron chi connectivity index (χ4n) is 3.41. The summed E-state index contributed by atoms with van der Waals surface area (Å²) >= 11 is 0. The van der Waals surface area contributed by atoms with Crippen LogP contribution >= 0.6 is 0 Å². The average molecular weight is 493 g/mol. The predicted molar refractivity (Wildman–Crippen MR) is 129 cm³/mol. The molecule has 2 amide bonds. The number of rotatable bonds is 7. The van der Waals surface area contributed by atoms with E-state index in [1.54, 1.807) is 26.8 Å². The summed E-state index contributed by atoms with van der Waals surface area (Å²) in [4.78, 5) is 32.8. The third-order valence-electron chi connectivity index (χ3n) is 4.97. The van der Waals surface area contributed by atoms with Crippen molar-refractivity contribution in [3.8, 4) is 6.07 Å². The average Bonchev–Trinajstić information content (AvgIpc) is 3.11. The highest BCUT2D eigenvalue weighted by molar-refractivity contribution is 5.94. The normalized spacial score (nSPS) is 12.1. The number of alkyl carbamates (subject to hydrolysis) is 1. The van der Waals surface area contributed by atoms with Crippen molar-refractivity contribution >= 4 is 29.0 Å².